The molecule has 0 saturated carbocycles. The van der Waals surface area contributed by atoms with Crippen LogP contribution in [0.3, 0.4) is 0 Å². The smallest absolute Gasteiger partial charge is 0.326 e. The molecule has 1 aliphatic heterocycles. The molecule has 0 bridgehead atoms. The van der Waals surface area contributed by atoms with E-state index in [4.69, 9.17) is 11.5 Å². The standard InChI is InChI=1S/C30H40N6O8/c31-30(32)33-15-1-3-23(29(43)44)35-26(40)24-4-2-16-36(24)28(42)22(14-9-18-5-10-20(37)11-6-18)34-27(41)25(39)17-19-7-12-21(38)13-8-19/h5-8,10-13,22-25,37-39H,1-4,9,14-17H2,(H,34,41)(H,35,40)(H,43,44)(H4,31,32,33)/t22-,23-,24+,25-/m1/s1. The maximum atomic E-state index is 13.8. The molecule has 14 nitrogen and oxygen atoms in total. The topological polar surface area (TPSA) is 241 Å². The maximum Gasteiger partial charge on any atom is 0.326 e. The zero-order valence-electron chi connectivity index (χ0n) is 24.3. The zero-order valence-corrected chi connectivity index (χ0v) is 24.3. The lowest BCUT2D eigenvalue weighted by Crippen LogP contribution is -2.56. The molecule has 238 valence electrons. The van der Waals surface area contributed by atoms with E-state index in [1.165, 1.54) is 29.2 Å². The van der Waals surface area contributed by atoms with Crippen LogP contribution in [0, 0.1) is 0 Å². The molecule has 1 aliphatic rings. The molecular formula is C30H40N6O8. The van der Waals surface area contributed by atoms with Crippen molar-refractivity contribution in [2.75, 3.05) is 13.1 Å². The Morgan fingerprint density at radius 1 is 0.909 bits per heavy atom. The fourth-order valence-corrected chi connectivity index (χ4v) is 4.98. The van der Waals surface area contributed by atoms with Gasteiger partial charge in [0.1, 0.15) is 35.7 Å². The summed E-state index contributed by atoms with van der Waals surface area (Å²) in [5.41, 5.74) is 12.0. The number of aliphatic hydroxyl groups is 1. The average molecular weight is 613 g/mol. The minimum atomic E-state index is -1.49. The molecule has 1 saturated heterocycles. The number of aliphatic carboxylic acids is 1. The van der Waals surface area contributed by atoms with Gasteiger partial charge in [-0.25, -0.2) is 4.79 Å². The normalized spacial score (nSPS) is 16.4. The lowest BCUT2D eigenvalue weighted by atomic mass is 10.0. The van der Waals surface area contributed by atoms with Crippen LogP contribution >= 0.6 is 0 Å². The van der Waals surface area contributed by atoms with Crippen molar-refractivity contribution in [2.45, 2.75) is 69.2 Å². The summed E-state index contributed by atoms with van der Waals surface area (Å²) >= 11 is 0. The van der Waals surface area contributed by atoms with Gasteiger partial charge in [-0.1, -0.05) is 24.3 Å². The summed E-state index contributed by atoms with van der Waals surface area (Å²) in [6.07, 6.45) is 0.106. The first-order chi connectivity index (χ1) is 20.9. The van der Waals surface area contributed by atoms with Crippen LogP contribution < -0.4 is 22.1 Å². The highest BCUT2D eigenvalue weighted by atomic mass is 16.4. The van der Waals surface area contributed by atoms with E-state index >= 15 is 0 Å². The SMILES string of the molecule is NC(N)=NCCC[C@@H](NC(=O)[C@@H]1CCCN1C(=O)[C@@H](CCc1ccc(O)cc1)NC(=O)[C@H](O)Cc1ccc(O)cc1)C(=O)O. The number of aliphatic hydroxyl groups excluding tert-OH is 1. The van der Waals surface area contributed by atoms with E-state index in [2.05, 4.69) is 15.6 Å². The number of nitrogens with two attached hydrogens (primary N) is 2. The van der Waals surface area contributed by atoms with E-state index in [1.807, 2.05) is 0 Å². The van der Waals surface area contributed by atoms with Crippen LogP contribution in [0.4, 0.5) is 0 Å². The predicted octanol–water partition coefficient (Wildman–Crippen LogP) is -0.267. The predicted molar refractivity (Wildman–Crippen MR) is 160 cm³/mol. The highest BCUT2D eigenvalue weighted by Gasteiger charge is 2.39. The van der Waals surface area contributed by atoms with Gasteiger partial charge in [0.05, 0.1) is 0 Å². The van der Waals surface area contributed by atoms with E-state index in [0.29, 0.717) is 31.2 Å². The first-order valence-electron chi connectivity index (χ1n) is 14.4. The molecule has 0 aromatic heterocycles. The number of amides is 3. The minimum absolute atomic E-state index is 0.0393. The van der Waals surface area contributed by atoms with Crippen LogP contribution in [0.15, 0.2) is 53.5 Å². The second-order valence-electron chi connectivity index (χ2n) is 10.7. The minimum Gasteiger partial charge on any atom is -0.508 e. The van der Waals surface area contributed by atoms with Crippen LogP contribution in [0.2, 0.25) is 0 Å². The highest BCUT2D eigenvalue weighted by Crippen LogP contribution is 2.21. The molecule has 3 rings (SSSR count). The first kappa shape index (κ1) is 33.6. The molecule has 2 aromatic carbocycles. The summed E-state index contributed by atoms with van der Waals surface area (Å²) in [6, 6.07) is 9.11. The van der Waals surface area contributed by atoms with Crippen molar-refractivity contribution >= 4 is 29.7 Å². The molecule has 14 heteroatoms. The highest BCUT2D eigenvalue weighted by molar-refractivity contribution is 5.94. The second kappa shape index (κ2) is 16.1. The molecule has 4 atom stereocenters. The number of hydrogen-bond acceptors (Lipinski definition) is 8. The van der Waals surface area contributed by atoms with Gasteiger partial charge in [-0.2, -0.15) is 0 Å². The third-order valence-electron chi connectivity index (χ3n) is 7.34. The Kier molecular flexibility index (Phi) is 12.3. The summed E-state index contributed by atoms with van der Waals surface area (Å²) < 4.78 is 0. The number of nitrogens with one attached hydrogen (secondary N) is 2. The third-order valence-corrected chi connectivity index (χ3v) is 7.34. The van der Waals surface area contributed by atoms with Gasteiger partial charge in [0.15, 0.2) is 5.96 Å². The molecule has 0 aliphatic carbocycles. The monoisotopic (exact) mass is 612 g/mol. The first-order valence-corrected chi connectivity index (χ1v) is 14.4. The van der Waals surface area contributed by atoms with Gasteiger partial charge in [-0.3, -0.25) is 19.4 Å². The Hall–Kier alpha value is -4.85. The maximum absolute atomic E-state index is 13.8. The number of aliphatic imine (C=N–C) groups is 1. The summed E-state index contributed by atoms with van der Waals surface area (Å²) in [5, 5.41) is 44.4. The van der Waals surface area contributed by atoms with E-state index in [9.17, 15) is 39.6 Å². The van der Waals surface area contributed by atoms with Crippen molar-refractivity contribution < 1.29 is 39.6 Å². The summed E-state index contributed by atoms with van der Waals surface area (Å²) in [5.74, 6) is -3.19. The fourth-order valence-electron chi connectivity index (χ4n) is 4.98. The summed E-state index contributed by atoms with van der Waals surface area (Å²) in [6.45, 7) is 0.415. The Morgan fingerprint density at radius 2 is 1.52 bits per heavy atom. The summed E-state index contributed by atoms with van der Waals surface area (Å²) in [4.78, 5) is 57.0. The number of phenols is 2. The Labute approximate surface area is 254 Å². The van der Waals surface area contributed by atoms with Crippen LogP contribution in [-0.2, 0) is 32.0 Å². The second-order valence-corrected chi connectivity index (χ2v) is 10.7. The molecule has 1 fully saturated rings. The van der Waals surface area contributed by atoms with Crippen LogP contribution in [0.25, 0.3) is 0 Å². The van der Waals surface area contributed by atoms with Gasteiger partial charge in [0, 0.05) is 19.5 Å². The molecule has 2 aromatic rings. The number of carbonyl (C=O) groups excluding carboxylic acids is 3. The van der Waals surface area contributed by atoms with E-state index in [0.717, 1.165) is 5.56 Å². The molecule has 44 heavy (non-hydrogen) atoms. The van der Waals surface area contributed by atoms with Gasteiger partial charge < -0.3 is 47.4 Å². The number of carboxylic acids is 1. The third kappa shape index (κ3) is 10.2. The van der Waals surface area contributed by atoms with Crippen LogP contribution in [-0.4, -0.2) is 92.3 Å². The largest absolute Gasteiger partial charge is 0.508 e. The number of benzene rings is 2. The van der Waals surface area contributed by atoms with Crippen LogP contribution in [0.5, 0.6) is 11.5 Å². The van der Waals surface area contributed by atoms with Gasteiger partial charge in [-0.05, 0) is 73.9 Å². The number of carbonyl (C=O) groups is 4. The fraction of sp³-hybridized carbons (Fsp3) is 0.433. The lowest BCUT2D eigenvalue weighted by molar-refractivity contribution is -0.145. The number of carboxylic acid groups (broad SMARTS) is 1. The zero-order chi connectivity index (χ0) is 32.2. The molecule has 3 amide bonds. The number of likely N-dealkylation sites (tertiary alicyclic amines) is 1. The van der Waals surface area contributed by atoms with Gasteiger partial charge in [-0.15, -0.1) is 0 Å². The molecule has 10 N–H and O–H groups in total. The van der Waals surface area contributed by atoms with Crippen molar-refractivity contribution in [3.8, 4) is 11.5 Å². The molecule has 0 unspecified atom stereocenters. The van der Waals surface area contributed by atoms with Gasteiger partial charge in [0.25, 0.3) is 0 Å². The number of phenolic OH excluding ortho intramolecular Hbond substituents is 2. The van der Waals surface area contributed by atoms with Gasteiger partial charge in [0.2, 0.25) is 17.7 Å². The Balaban J connectivity index is 1.72. The van der Waals surface area contributed by atoms with Crippen molar-refractivity contribution in [3.63, 3.8) is 0 Å². The average Bonchev–Trinajstić information content (AvgIpc) is 3.48. The van der Waals surface area contributed by atoms with Crippen molar-refractivity contribution in [1.29, 1.82) is 0 Å². The Bertz CT molecular complexity index is 1310. The van der Waals surface area contributed by atoms with Crippen molar-refractivity contribution in [2.24, 2.45) is 16.5 Å². The molecule has 0 radical (unpaired) electrons. The van der Waals surface area contributed by atoms with Crippen molar-refractivity contribution in [3.05, 3.63) is 59.7 Å². The van der Waals surface area contributed by atoms with Gasteiger partial charge >= 0.3 is 5.97 Å². The number of rotatable bonds is 15. The van der Waals surface area contributed by atoms with E-state index in [-0.39, 0.29) is 49.8 Å². The number of nitrogens with zero attached hydrogens (tertiary/aromatic N) is 2. The van der Waals surface area contributed by atoms with Crippen LogP contribution in [0.1, 0.15) is 43.2 Å². The van der Waals surface area contributed by atoms with E-state index in [1.54, 1.807) is 24.3 Å². The number of guanidine groups is 1. The Morgan fingerprint density at radius 3 is 2.11 bits per heavy atom. The molecule has 1 heterocycles. The molecule has 0 spiro atoms. The number of aromatic hydroxyl groups is 2. The van der Waals surface area contributed by atoms with Crippen molar-refractivity contribution in [1.82, 2.24) is 15.5 Å². The lowest BCUT2D eigenvalue weighted by Gasteiger charge is -2.30. The number of hydrogen-bond donors (Lipinski definition) is 8. The van der Waals surface area contributed by atoms with E-state index < -0.39 is 47.9 Å². The number of aryl methyl sites for hydroxylation is 1. The quantitative estimate of drug-likeness (QED) is 0.0744. The molecular weight excluding hydrogens is 572 g/mol. The summed E-state index contributed by atoms with van der Waals surface area (Å²) in [7, 11) is 0.